The van der Waals surface area contributed by atoms with Crippen LogP contribution in [0.3, 0.4) is 0 Å². The maximum atomic E-state index is 7.53. The number of likely N-dealkylation sites (tertiary alicyclic amines) is 1. The Morgan fingerprint density at radius 2 is 1.94 bits per heavy atom. The predicted molar refractivity (Wildman–Crippen MR) is 140 cm³/mol. The minimum absolute atomic E-state index is 0.0216. The van der Waals surface area contributed by atoms with E-state index >= 15 is 0 Å². The van der Waals surface area contributed by atoms with Crippen LogP contribution in [0, 0.1) is 11.3 Å². The minimum atomic E-state index is -0.0451. The first-order chi connectivity index (χ1) is 17.1. The van der Waals surface area contributed by atoms with Gasteiger partial charge in [-0.3, -0.25) is 4.98 Å². The molecule has 2 saturated carbocycles. The molecule has 3 nitrogen and oxygen atoms in total. The maximum absolute atomic E-state index is 7.53. The number of rotatable bonds is 2. The average Bonchev–Trinajstić information content (AvgIpc) is 3.60. The smallest absolute Gasteiger partial charge is 0.0974 e. The molecule has 3 aliphatic carbocycles. The number of ether oxygens (including phenoxy) is 1. The Hall–Kier alpha value is -1.97. The highest BCUT2D eigenvalue weighted by atomic mass is 16.5. The molecule has 4 fully saturated rings. The van der Waals surface area contributed by atoms with Gasteiger partial charge in [-0.05, 0) is 129 Å². The molecule has 0 radical (unpaired) electrons. The number of hydrogen-bond acceptors (Lipinski definition) is 3. The van der Waals surface area contributed by atoms with Crippen LogP contribution in [-0.4, -0.2) is 40.2 Å². The van der Waals surface area contributed by atoms with Gasteiger partial charge in [0.2, 0.25) is 0 Å². The van der Waals surface area contributed by atoms with Gasteiger partial charge in [-0.1, -0.05) is 31.2 Å². The van der Waals surface area contributed by atoms with Crippen molar-refractivity contribution in [2.75, 3.05) is 13.1 Å². The number of allylic oxidation sites excluding steroid dienone is 1. The van der Waals surface area contributed by atoms with Crippen molar-refractivity contribution in [2.24, 2.45) is 11.3 Å². The van der Waals surface area contributed by atoms with Gasteiger partial charge in [0.05, 0.1) is 11.2 Å². The van der Waals surface area contributed by atoms with Gasteiger partial charge in [-0.15, -0.1) is 0 Å². The van der Waals surface area contributed by atoms with Gasteiger partial charge in [0, 0.05) is 23.8 Å². The lowest BCUT2D eigenvalue weighted by atomic mass is 9.58. The van der Waals surface area contributed by atoms with Crippen molar-refractivity contribution in [3.8, 4) is 0 Å². The highest BCUT2D eigenvalue weighted by Gasteiger charge is 2.66. The number of aromatic nitrogens is 1. The molecule has 2 aromatic rings. The molecule has 182 valence electrons. The van der Waals surface area contributed by atoms with E-state index < -0.39 is 0 Å². The fourth-order valence-corrected chi connectivity index (χ4v) is 9.67. The summed E-state index contributed by atoms with van der Waals surface area (Å²) in [5, 5.41) is 2.57. The zero-order valence-corrected chi connectivity index (χ0v) is 21.1. The largest absolute Gasteiger partial charge is 0.359 e. The van der Waals surface area contributed by atoms with E-state index in [1.165, 1.54) is 93.6 Å². The Labute approximate surface area is 209 Å². The van der Waals surface area contributed by atoms with E-state index in [9.17, 15) is 0 Å². The summed E-state index contributed by atoms with van der Waals surface area (Å²) >= 11 is 0. The van der Waals surface area contributed by atoms with Crippen molar-refractivity contribution in [3.05, 3.63) is 65.5 Å². The van der Waals surface area contributed by atoms with Crippen molar-refractivity contribution < 1.29 is 4.74 Å². The molecule has 6 aliphatic rings. The molecule has 3 heteroatoms. The molecule has 8 rings (SSSR count). The van der Waals surface area contributed by atoms with Crippen LogP contribution in [0.25, 0.3) is 10.8 Å². The Morgan fingerprint density at radius 1 is 1.03 bits per heavy atom. The zero-order chi connectivity index (χ0) is 23.3. The first kappa shape index (κ1) is 21.1. The summed E-state index contributed by atoms with van der Waals surface area (Å²) in [5.74, 6) is 1.22. The lowest BCUT2D eigenvalue weighted by molar-refractivity contribution is -0.140. The fourth-order valence-electron chi connectivity index (χ4n) is 9.67. The average molecular weight is 467 g/mol. The molecule has 4 heterocycles. The molecule has 6 atom stereocenters. The molecule has 35 heavy (non-hydrogen) atoms. The first-order valence-corrected chi connectivity index (χ1v) is 14.3. The molecule has 3 aliphatic heterocycles. The SMILES string of the molecule is CC12CC=C3C=C4CCC(N5CCCC5)CC45CCC3(O5)C1CCC2c1ccc2ccncc2c1. The number of hydrogen-bond donors (Lipinski definition) is 0. The Kier molecular flexibility index (Phi) is 4.41. The monoisotopic (exact) mass is 466 g/mol. The summed E-state index contributed by atoms with van der Waals surface area (Å²) in [6.45, 7) is 5.20. The second-order valence-corrected chi connectivity index (χ2v) is 12.8. The van der Waals surface area contributed by atoms with Gasteiger partial charge in [0.15, 0.2) is 0 Å². The van der Waals surface area contributed by atoms with Crippen molar-refractivity contribution in [2.45, 2.75) is 94.3 Å². The number of benzene rings is 1. The minimum Gasteiger partial charge on any atom is -0.359 e. The quantitative estimate of drug-likeness (QED) is 0.479. The molecule has 2 spiro atoms. The third kappa shape index (κ3) is 2.83. The molecule has 0 N–H and O–H groups in total. The van der Waals surface area contributed by atoms with Crippen LogP contribution in [0.5, 0.6) is 0 Å². The van der Waals surface area contributed by atoms with E-state index in [1.54, 1.807) is 11.1 Å². The van der Waals surface area contributed by atoms with Crippen LogP contribution in [-0.2, 0) is 4.74 Å². The van der Waals surface area contributed by atoms with Gasteiger partial charge in [0.1, 0.15) is 0 Å². The Bertz CT molecular complexity index is 1260. The molecule has 1 aromatic carbocycles. The lowest BCUT2D eigenvalue weighted by Gasteiger charge is -2.55. The van der Waals surface area contributed by atoms with Crippen molar-refractivity contribution in [1.29, 1.82) is 0 Å². The Balaban J connectivity index is 1.15. The van der Waals surface area contributed by atoms with Gasteiger partial charge in [-0.25, -0.2) is 0 Å². The molecular formula is C32H38N2O. The highest BCUT2D eigenvalue weighted by molar-refractivity contribution is 5.82. The summed E-state index contributed by atoms with van der Waals surface area (Å²) in [6, 6.07) is 9.99. The summed E-state index contributed by atoms with van der Waals surface area (Å²) in [5.41, 5.74) is 4.93. The van der Waals surface area contributed by atoms with Crippen LogP contribution < -0.4 is 0 Å². The number of nitrogens with zero attached hydrogens (tertiary/aromatic N) is 2. The third-order valence-electron chi connectivity index (χ3n) is 11.4. The molecular weight excluding hydrogens is 428 g/mol. The normalized spacial score (nSPS) is 42.4. The molecule has 2 bridgehead atoms. The topological polar surface area (TPSA) is 25.4 Å². The van der Waals surface area contributed by atoms with Gasteiger partial charge in [-0.2, -0.15) is 0 Å². The van der Waals surface area contributed by atoms with Crippen LogP contribution >= 0.6 is 0 Å². The number of fused-ring (bicyclic) bond motifs is 2. The third-order valence-corrected chi connectivity index (χ3v) is 11.4. The van der Waals surface area contributed by atoms with Crippen molar-refractivity contribution in [3.63, 3.8) is 0 Å². The lowest BCUT2D eigenvalue weighted by Crippen LogP contribution is -2.55. The van der Waals surface area contributed by atoms with Gasteiger partial charge < -0.3 is 9.64 Å². The molecule has 1 aromatic heterocycles. The summed E-state index contributed by atoms with van der Waals surface area (Å²) in [6.07, 6.45) is 22.0. The Morgan fingerprint density at radius 3 is 2.86 bits per heavy atom. The zero-order valence-electron chi connectivity index (χ0n) is 21.1. The van der Waals surface area contributed by atoms with Crippen LogP contribution in [0.1, 0.15) is 82.6 Å². The van der Waals surface area contributed by atoms with Crippen molar-refractivity contribution in [1.82, 2.24) is 9.88 Å². The van der Waals surface area contributed by atoms with E-state index in [4.69, 9.17) is 4.74 Å². The van der Waals surface area contributed by atoms with E-state index in [0.29, 0.717) is 11.8 Å². The summed E-state index contributed by atoms with van der Waals surface area (Å²) in [7, 11) is 0. The maximum Gasteiger partial charge on any atom is 0.0974 e. The van der Waals surface area contributed by atoms with E-state index in [-0.39, 0.29) is 16.6 Å². The van der Waals surface area contributed by atoms with Crippen LogP contribution in [0.4, 0.5) is 0 Å². The van der Waals surface area contributed by atoms with Gasteiger partial charge >= 0.3 is 0 Å². The van der Waals surface area contributed by atoms with E-state index in [2.05, 4.69) is 53.2 Å². The highest BCUT2D eigenvalue weighted by Crippen LogP contribution is 2.69. The second kappa shape index (κ2) is 7.29. The standard InChI is InChI=1S/C32H38N2O/c1-30-12-10-26-19-25-6-7-27(34-16-2-3-17-34)20-31(25)13-14-32(26,35-31)29(30)9-8-28(30)23-5-4-22-11-15-33-21-24(22)18-23/h4-5,10-11,15,18-19,21,27-29H,2-3,6-9,12-14,16-17,20H2,1H3. The second-order valence-electron chi connectivity index (χ2n) is 12.8. The van der Waals surface area contributed by atoms with E-state index in [0.717, 1.165) is 6.04 Å². The van der Waals surface area contributed by atoms with Crippen molar-refractivity contribution >= 4 is 10.8 Å². The van der Waals surface area contributed by atoms with E-state index in [1.807, 2.05) is 12.4 Å². The van der Waals surface area contributed by atoms with Crippen LogP contribution in [0.15, 0.2) is 60.0 Å². The van der Waals surface area contributed by atoms with Gasteiger partial charge in [0.25, 0.3) is 0 Å². The summed E-state index contributed by atoms with van der Waals surface area (Å²) in [4.78, 5) is 7.18. The van der Waals surface area contributed by atoms with Crippen LogP contribution in [0.2, 0.25) is 0 Å². The number of pyridine rings is 1. The molecule has 6 unspecified atom stereocenters. The molecule has 2 saturated heterocycles. The first-order valence-electron chi connectivity index (χ1n) is 14.3. The fraction of sp³-hybridized carbons (Fsp3) is 0.594. The molecule has 0 amide bonds. The predicted octanol–water partition coefficient (Wildman–Crippen LogP) is 6.94. The summed E-state index contributed by atoms with van der Waals surface area (Å²) < 4.78 is 7.53.